The van der Waals surface area contributed by atoms with E-state index in [1.807, 2.05) is 0 Å². The molecule has 11 heavy (non-hydrogen) atoms. The van der Waals surface area contributed by atoms with Gasteiger partial charge in [-0.05, 0) is 0 Å². The molecule has 1 radical (unpaired) electrons. The third kappa shape index (κ3) is 181. The van der Waals surface area contributed by atoms with Gasteiger partial charge in [0.25, 0.3) is 0 Å². The van der Waals surface area contributed by atoms with Gasteiger partial charge >= 0.3 is 17.1 Å². The topological polar surface area (TPSA) is 146 Å². The molecule has 7 nitrogen and oxygen atoms in total. The minimum atomic E-state index is -5.17. The van der Waals surface area contributed by atoms with Gasteiger partial charge in [-0.1, -0.05) is 0 Å². The molecule has 0 aromatic carbocycles. The van der Waals surface area contributed by atoms with Gasteiger partial charge in [0.1, 0.15) is 0 Å². The Morgan fingerprint density at radius 3 is 1.45 bits per heavy atom. The zero-order chi connectivity index (χ0) is 8.78. The van der Waals surface area contributed by atoms with Gasteiger partial charge in [0.05, 0.1) is 5.97 Å². The van der Waals surface area contributed by atoms with Crippen molar-refractivity contribution in [2.75, 3.05) is 6.54 Å². The Morgan fingerprint density at radius 1 is 1.36 bits per heavy atom. The van der Waals surface area contributed by atoms with Crippen molar-refractivity contribution in [1.82, 2.24) is 0 Å². The average molecular weight is 226 g/mol. The largest absolute Gasteiger partial charge is 3.00 e. The predicted molar refractivity (Wildman–Crippen MR) is 24.5 cm³/mol. The number of carboxylic acid groups (broad SMARTS) is 1. The number of hydrogen-bond acceptors (Lipinski definition) is 7. The first-order valence-corrected chi connectivity index (χ1v) is 3.17. The van der Waals surface area contributed by atoms with Crippen LogP contribution in [0, 0.1) is 0 Å². The molecule has 0 atom stereocenters. The molecule has 67 valence electrons. The van der Waals surface area contributed by atoms with Gasteiger partial charge in [-0.3, -0.25) is 8.42 Å². The quantitative estimate of drug-likeness (QED) is 0.275. The third-order valence-corrected chi connectivity index (χ3v) is 0.167. The number of hydrogen-bond donors (Lipinski definition) is 1. The van der Waals surface area contributed by atoms with E-state index in [9.17, 15) is 0 Å². The Kier molecular flexibility index (Phi) is 12.3. The Bertz CT molecular complexity index is 179. The van der Waals surface area contributed by atoms with Crippen molar-refractivity contribution < 1.29 is 44.5 Å². The molecule has 0 aliphatic rings. The van der Waals surface area contributed by atoms with E-state index in [0.29, 0.717) is 0 Å². The van der Waals surface area contributed by atoms with Crippen molar-refractivity contribution >= 4 is 16.4 Å². The number of rotatable bonds is 1. The Labute approximate surface area is 73.6 Å². The van der Waals surface area contributed by atoms with Gasteiger partial charge in [0, 0.05) is 16.9 Å². The average Bonchev–Trinajstić information content (AvgIpc) is 1.61. The molecule has 0 heterocycles. The summed E-state index contributed by atoms with van der Waals surface area (Å²) < 4.78 is 34.1. The second kappa shape index (κ2) is 7.92. The fourth-order valence-electron chi connectivity index (χ4n) is 0. The summed E-state index contributed by atoms with van der Waals surface area (Å²) >= 11 is 0. The van der Waals surface area contributed by atoms with Crippen LogP contribution in [0.1, 0.15) is 0 Å². The molecule has 0 saturated heterocycles. The smallest absolute Gasteiger partial charge is 0.759 e. The van der Waals surface area contributed by atoms with Crippen molar-refractivity contribution in [3.63, 3.8) is 0 Å². The third-order valence-electron chi connectivity index (χ3n) is 0.167. The summed E-state index contributed by atoms with van der Waals surface area (Å²) in [6, 6.07) is 0. The van der Waals surface area contributed by atoms with Crippen molar-refractivity contribution in [2.45, 2.75) is 0 Å². The number of carboxylic acids is 1. The molecule has 0 aliphatic carbocycles. The second-order valence-corrected chi connectivity index (χ2v) is 1.80. The maximum atomic E-state index is 9.13. The van der Waals surface area contributed by atoms with E-state index in [-0.39, 0.29) is 23.6 Å². The van der Waals surface area contributed by atoms with E-state index in [1.165, 1.54) is 0 Å². The van der Waals surface area contributed by atoms with E-state index < -0.39 is 16.4 Å². The van der Waals surface area contributed by atoms with E-state index in [4.69, 9.17) is 27.4 Å². The molecular formula is C2H4FeNO6S. The van der Waals surface area contributed by atoms with E-state index in [2.05, 4.69) is 5.73 Å². The van der Waals surface area contributed by atoms with Crippen molar-refractivity contribution in [2.24, 2.45) is 5.73 Å². The summed E-state index contributed by atoms with van der Waals surface area (Å²) in [6.45, 7) is -0.389. The van der Waals surface area contributed by atoms with E-state index >= 15 is 0 Å². The maximum absolute atomic E-state index is 9.13. The molecule has 0 fully saturated rings. The SMILES string of the molecule is NCC(=O)[O-].O=S(=O)([O-])[O-].[Fe+3]. The van der Waals surface area contributed by atoms with Gasteiger partial charge in [-0.25, -0.2) is 0 Å². The Balaban J connectivity index is -0.000000107. The van der Waals surface area contributed by atoms with Gasteiger partial charge in [0.15, 0.2) is 0 Å². The summed E-state index contributed by atoms with van der Waals surface area (Å²) in [7, 11) is -5.17. The van der Waals surface area contributed by atoms with Crippen molar-refractivity contribution in [3.05, 3.63) is 0 Å². The summed E-state index contributed by atoms with van der Waals surface area (Å²) in [5, 5.41) is 9.13. The number of aliphatic carboxylic acids is 1. The standard InChI is InChI=1S/C2H5NO2.Fe.H2O4S/c3-1-2(4)5;;1-5(2,3)4/h1,3H2,(H,4,5);;(H2,1,2,3,4)/q;+3;/p-3. The van der Waals surface area contributed by atoms with Crippen LogP contribution in [0.3, 0.4) is 0 Å². The molecule has 0 saturated carbocycles. The molecule has 0 aromatic heterocycles. The second-order valence-electron chi connectivity index (χ2n) is 0.984. The minimum Gasteiger partial charge on any atom is -0.759 e. The molecule has 2 N–H and O–H groups in total. The fourth-order valence-corrected chi connectivity index (χ4v) is 0. The zero-order valence-corrected chi connectivity index (χ0v) is 6.92. The van der Waals surface area contributed by atoms with Crippen LogP contribution in [0.4, 0.5) is 0 Å². The summed E-state index contributed by atoms with van der Waals surface area (Å²) in [4.78, 5) is 9.13. The van der Waals surface area contributed by atoms with E-state index in [1.54, 1.807) is 0 Å². The van der Waals surface area contributed by atoms with Crippen LogP contribution in [0.25, 0.3) is 0 Å². The van der Waals surface area contributed by atoms with Crippen LogP contribution in [-0.2, 0) is 32.3 Å². The monoisotopic (exact) mass is 226 g/mol. The maximum Gasteiger partial charge on any atom is 3.00 e. The summed E-state index contributed by atoms with van der Waals surface area (Å²) in [5.74, 6) is -1.22. The van der Waals surface area contributed by atoms with Gasteiger partial charge in [-0.15, -0.1) is 0 Å². The first kappa shape index (κ1) is 17.1. The zero-order valence-electron chi connectivity index (χ0n) is 5.00. The number of carbonyl (C=O) groups excluding carboxylic acids is 1. The van der Waals surface area contributed by atoms with Crippen LogP contribution >= 0.6 is 0 Å². The molecule has 0 unspecified atom stereocenters. The van der Waals surface area contributed by atoms with Gasteiger partial charge in [-0.2, -0.15) is 0 Å². The van der Waals surface area contributed by atoms with Crippen molar-refractivity contribution in [3.8, 4) is 0 Å². The Morgan fingerprint density at radius 2 is 1.45 bits per heavy atom. The normalized spacial score (nSPS) is 8.64. The fraction of sp³-hybridized carbons (Fsp3) is 0.500. The Hall–Kier alpha value is -0.181. The summed E-state index contributed by atoms with van der Waals surface area (Å²) in [6.07, 6.45) is 0. The van der Waals surface area contributed by atoms with E-state index in [0.717, 1.165) is 0 Å². The molecule has 0 amide bonds. The predicted octanol–water partition coefficient (Wildman–Crippen LogP) is -3.65. The minimum absolute atomic E-state index is 0. The molecule has 0 aliphatic heterocycles. The molecular weight excluding hydrogens is 222 g/mol. The number of carbonyl (C=O) groups is 1. The molecule has 9 heteroatoms. The van der Waals surface area contributed by atoms with Crippen LogP contribution in [0.15, 0.2) is 0 Å². The van der Waals surface area contributed by atoms with Crippen LogP contribution < -0.4 is 10.8 Å². The first-order chi connectivity index (χ1) is 4.27. The molecule has 0 rings (SSSR count). The number of nitrogens with two attached hydrogens (primary N) is 1. The van der Waals surface area contributed by atoms with Crippen LogP contribution in [0.2, 0.25) is 0 Å². The van der Waals surface area contributed by atoms with Gasteiger partial charge in [0.2, 0.25) is 0 Å². The molecule has 0 bridgehead atoms. The van der Waals surface area contributed by atoms with Crippen LogP contribution in [-0.4, -0.2) is 30.0 Å². The van der Waals surface area contributed by atoms with Crippen molar-refractivity contribution in [1.29, 1.82) is 0 Å². The summed E-state index contributed by atoms with van der Waals surface area (Å²) in [5.41, 5.74) is 4.51. The molecule has 0 spiro atoms. The molecule has 0 aromatic rings. The first-order valence-electron chi connectivity index (χ1n) is 1.84. The van der Waals surface area contributed by atoms with Crippen LogP contribution in [0.5, 0.6) is 0 Å². The van der Waals surface area contributed by atoms with Gasteiger partial charge < -0.3 is 24.7 Å².